The number of carbonyl (C=O) groups is 2. The summed E-state index contributed by atoms with van der Waals surface area (Å²) < 4.78 is 0. The Hall–Kier alpha value is -2.66. The van der Waals surface area contributed by atoms with Crippen molar-refractivity contribution in [3.63, 3.8) is 0 Å². The molecule has 2 aromatic carbocycles. The third-order valence-electron chi connectivity index (χ3n) is 4.85. The molecule has 0 radical (unpaired) electrons. The lowest BCUT2D eigenvalue weighted by atomic mass is 10.1. The normalized spacial score (nSPS) is 15.6. The summed E-state index contributed by atoms with van der Waals surface area (Å²) in [5, 5.41) is 2.91. The maximum atomic E-state index is 12.4. The average molecular weight is 351 g/mol. The fourth-order valence-corrected chi connectivity index (χ4v) is 3.48. The molecule has 1 aliphatic rings. The number of nitrogens with zero attached hydrogens (tertiary/aromatic N) is 2. The maximum absolute atomic E-state index is 12.4. The summed E-state index contributed by atoms with van der Waals surface area (Å²) in [6.07, 6.45) is 2.11. The van der Waals surface area contributed by atoms with Gasteiger partial charge in [-0.1, -0.05) is 24.3 Å². The van der Waals surface area contributed by atoms with E-state index in [1.807, 2.05) is 7.05 Å². The van der Waals surface area contributed by atoms with E-state index in [4.69, 9.17) is 0 Å². The van der Waals surface area contributed by atoms with Gasteiger partial charge in [-0.25, -0.2) is 0 Å². The van der Waals surface area contributed by atoms with Crippen molar-refractivity contribution in [1.29, 1.82) is 0 Å². The minimum Gasteiger partial charge on any atom is -0.345 e. The predicted molar refractivity (Wildman–Crippen MR) is 103 cm³/mol. The van der Waals surface area contributed by atoms with Gasteiger partial charge in [0.05, 0.1) is 6.54 Å². The van der Waals surface area contributed by atoms with Gasteiger partial charge in [-0.2, -0.15) is 0 Å². The van der Waals surface area contributed by atoms with E-state index in [2.05, 4.69) is 34.5 Å². The van der Waals surface area contributed by atoms with E-state index in [0.29, 0.717) is 17.8 Å². The average Bonchev–Trinajstić information content (AvgIpc) is 3.05. The quantitative estimate of drug-likeness (QED) is 0.901. The van der Waals surface area contributed by atoms with Crippen LogP contribution in [0.25, 0.3) is 0 Å². The lowest BCUT2D eigenvalue weighted by Gasteiger charge is -2.24. The van der Waals surface area contributed by atoms with Gasteiger partial charge in [-0.05, 0) is 55.3 Å². The van der Waals surface area contributed by atoms with Crippen LogP contribution in [0.3, 0.4) is 0 Å². The van der Waals surface area contributed by atoms with Crippen LogP contribution < -0.4 is 5.32 Å². The molecule has 1 N–H and O–H groups in total. The van der Waals surface area contributed by atoms with Crippen molar-refractivity contribution in [2.75, 3.05) is 33.0 Å². The summed E-state index contributed by atoms with van der Waals surface area (Å²) in [6, 6.07) is 15.7. The summed E-state index contributed by atoms with van der Waals surface area (Å²) in [4.78, 5) is 27.9. The highest BCUT2D eigenvalue weighted by molar-refractivity contribution is 5.96. The van der Waals surface area contributed by atoms with E-state index in [0.717, 1.165) is 12.8 Å². The van der Waals surface area contributed by atoms with Crippen molar-refractivity contribution in [1.82, 2.24) is 9.80 Å². The molecule has 5 nitrogen and oxygen atoms in total. The first-order valence-corrected chi connectivity index (χ1v) is 8.85. The molecule has 0 saturated carbocycles. The van der Waals surface area contributed by atoms with Crippen LogP contribution in [-0.2, 0) is 11.2 Å². The Kier molecular flexibility index (Phi) is 5.38. The van der Waals surface area contributed by atoms with E-state index < -0.39 is 0 Å². The summed E-state index contributed by atoms with van der Waals surface area (Å²) in [5.74, 6) is -0.105. The van der Waals surface area contributed by atoms with Crippen molar-refractivity contribution in [3.05, 3.63) is 65.2 Å². The minimum absolute atomic E-state index is 0.0523. The third-order valence-corrected chi connectivity index (χ3v) is 4.85. The van der Waals surface area contributed by atoms with Crippen LogP contribution in [-0.4, -0.2) is 49.3 Å². The highest BCUT2D eigenvalue weighted by Crippen LogP contribution is 2.34. The molecular formula is C21H25N3O2. The molecule has 0 aliphatic heterocycles. The molecule has 0 unspecified atom stereocenters. The number of amides is 2. The van der Waals surface area contributed by atoms with Crippen molar-refractivity contribution in [2.24, 2.45) is 0 Å². The van der Waals surface area contributed by atoms with Gasteiger partial charge in [0.15, 0.2) is 0 Å². The lowest BCUT2D eigenvalue weighted by molar-refractivity contribution is -0.117. The second-order valence-corrected chi connectivity index (χ2v) is 6.99. The molecule has 0 heterocycles. The van der Waals surface area contributed by atoms with E-state index in [-0.39, 0.29) is 17.9 Å². The van der Waals surface area contributed by atoms with E-state index in [1.54, 1.807) is 38.4 Å². The number of rotatable bonds is 5. The Morgan fingerprint density at radius 2 is 1.73 bits per heavy atom. The van der Waals surface area contributed by atoms with Crippen molar-refractivity contribution < 1.29 is 9.59 Å². The second kappa shape index (κ2) is 7.70. The van der Waals surface area contributed by atoms with Gasteiger partial charge in [-0.3, -0.25) is 14.5 Å². The highest BCUT2D eigenvalue weighted by Gasteiger charge is 2.26. The monoisotopic (exact) mass is 351 g/mol. The number of benzene rings is 2. The standard InChI is InChI=1S/C21H25N3O2/c1-23(2)21(26)16-8-11-17(12-9-16)22-20(25)14-24(3)19-13-10-15-6-4-5-7-18(15)19/h4-9,11-12,19H,10,13-14H2,1-3H3,(H,22,25)/t19-/m0/s1. The summed E-state index contributed by atoms with van der Waals surface area (Å²) >= 11 is 0. The number of carbonyl (C=O) groups excluding carboxylic acids is 2. The van der Waals surface area contributed by atoms with Gasteiger partial charge in [0.2, 0.25) is 5.91 Å². The van der Waals surface area contributed by atoms with E-state index in [9.17, 15) is 9.59 Å². The number of hydrogen-bond donors (Lipinski definition) is 1. The Balaban J connectivity index is 1.58. The lowest BCUT2D eigenvalue weighted by Crippen LogP contribution is -2.32. The third kappa shape index (κ3) is 3.94. The predicted octanol–water partition coefficient (Wildman–Crippen LogP) is 2.95. The van der Waals surface area contributed by atoms with Gasteiger partial charge >= 0.3 is 0 Å². The Bertz CT molecular complexity index is 799. The zero-order valence-corrected chi connectivity index (χ0v) is 15.5. The van der Waals surface area contributed by atoms with Crippen LogP contribution in [0.2, 0.25) is 0 Å². The minimum atomic E-state index is -0.0532. The van der Waals surface area contributed by atoms with Gasteiger partial charge in [0.1, 0.15) is 0 Å². The van der Waals surface area contributed by atoms with Crippen LogP contribution in [0.4, 0.5) is 5.69 Å². The van der Waals surface area contributed by atoms with Gasteiger partial charge < -0.3 is 10.2 Å². The van der Waals surface area contributed by atoms with Crippen LogP contribution in [0.5, 0.6) is 0 Å². The maximum Gasteiger partial charge on any atom is 0.253 e. The fourth-order valence-electron chi connectivity index (χ4n) is 3.48. The summed E-state index contributed by atoms with van der Waals surface area (Å²) in [5.41, 5.74) is 4.01. The Morgan fingerprint density at radius 3 is 2.42 bits per heavy atom. The van der Waals surface area contributed by atoms with Crippen molar-refractivity contribution in [2.45, 2.75) is 18.9 Å². The second-order valence-electron chi connectivity index (χ2n) is 6.99. The zero-order valence-electron chi connectivity index (χ0n) is 15.5. The number of aryl methyl sites for hydroxylation is 1. The Labute approximate surface area is 154 Å². The molecule has 1 atom stereocenters. The molecule has 26 heavy (non-hydrogen) atoms. The van der Waals surface area contributed by atoms with Crippen molar-refractivity contribution in [3.8, 4) is 0 Å². The molecule has 0 bridgehead atoms. The van der Waals surface area contributed by atoms with Crippen LogP contribution in [0.1, 0.15) is 33.9 Å². The van der Waals surface area contributed by atoms with E-state index >= 15 is 0 Å². The molecule has 0 fully saturated rings. The fraction of sp³-hybridized carbons (Fsp3) is 0.333. The number of nitrogens with one attached hydrogen (secondary N) is 1. The van der Waals surface area contributed by atoms with Crippen LogP contribution in [0.15, 0.2) is 48.5 Å². The molecule has 0 saturated heterocycles. The molecule has 3 rings (SSSR count). The molecule has 2 aromatic rings. The first-order valence-electron chi connectivity index (χ1n) is 8.85. The number of anilines is 1. The van der Waals surface area contributed by atoms with E-state index in [1.165, 1.54) is 16.0 Å². The largest absolute Gasteiger partial charge is 0.345 e. The number of fused-ring (bicyclic) bond motifs is 1. The zero-order chi connectivity index (χ0) is 18.7. The smallest absolute Gasteiger partial charge is 0.253 e. The molecule has 136 valence electrons. The number of hydrogen-bond acceptors (Lipinski definition) is 3. The molecule has 2 amide bonds. The Morgan fingerprint density at radius 1 is 1.04 bits per heavy atom. The molecular weight excluding hydrogens is 326 g/mol. The molecule has 1 aliphatic carbocycles. The molecule has 0 aromatic heterocycles. The molecule has 0 spiro atoms. The van der Waals surface area contributed by atoms with Gasteiger partial charge in [0, 0.05) is 31.4 Å². The van der Waals surface area contributed by atoms with Crippen LogP contribution in [0, 0.1) is 0 Å². The van der Waals surface area contributed by atoms with Gasteiger partial charge in [-0.15, -0.1) is 0 Å². The topological polar surface area (TPSA) is 52.7 Å². The molecule has 5 heteroatoms. The summed E-state index contributed by atoms with van der Waals surface area (Å²) in [6.45, 7) is 0.331. The van der Waals surface area contributed by atoms with Crippen molar-refractivity contribution >= 4 is 17.5 Å². The SMILES string of the molecule is CN(C)C(=O)c1ccc(NC(=O)CN(C)[C@H]2CCc3ccccc32)cc1. The highest BCUT2D eigenvalue weighted by atomic mass is 16.2. The summed E-state index contributed by atoms with van der Waals surface area (Å²) in [7, 11) is 5.43. The van der Waals surface area contributed by atoms with Crippen LogP contribution >= 0.6 is 0 Å². The number of likely N-dealkylation sites (N-methyl/N-ethyl adjacent to an activating group) is 1. The first kappa shape index (κ1) is 18.1. The first-order chi connectivity index (χ1) is 12.5. The van der Waals surface area contributed by atoms with Gasteiger partial charge in [0.25, 0.3) is 5.91 Å².